The maximum atomic E-state index is 10.2. The lowest BCUT2D eigenvalue weighted by molar-refractivity contribution is 0.154. The quantitative estimate of drug-likeness (QED) is 0.589. The second-order valence-electron chi connectivity index (χ2n) is 3.70. The molecular weight excluding hydrogens is 180 g/mol. The zero-order valence-electron chi connectivity index (χ0n) is 9.00. The number of carbonyl (C=O) groups is 1. The Kier molecular flexibility index (Phi) is 8.33. The van der Waals surface area contributed by atoms with Crippen molar-refractivity contribution in [3.05, 3.63) is 0 Å². The standard InChI is InChI=1S/C10H22N2O2/c1-9(11)7-5-3-2-4-6-8-14-10(12)13/h9H,2-8,11H2,1H3,(H2,12,13). The average molecular weight is 202 g/mol. The first kappa shape index (κ1) is 13.2. The molecule has 1 unspecified atom stereocenters. The highest BCUT2D eigenvalue weighted by Gasteiger charge is 1.96. The van der Waals surface area contributed by atoms with Crippen LogP contribution >= 0.6 is 0 Å². The van der Waals surface area contributed by atoms with E-state index < -0.39 is 6.09 Å². The van der Waals surface area contributed by atoms with Crippen LogP contribution in [0.4, 0.5) is 4.79 Å². The molecule has 84 valence electrons. The Morgan fingerprint density at radius 3 is 2.36 bits per heavy atom. The zero-order valence-corrected chi connectivity index (χ0v) is 9.00. The third kappa shape index (κ3) is 11.2. The fraction of sp³-hybridized carbons (Fsp3) is 0.900. The van der Waals surface area contributed by atoms with Gasteiger partial charge in [0.1, 0.15) is 0 Å². The normalized spacial score (nSPS) is 12.4. The third-order valence-electron chi connectivity index (χ3n) is 2.05. The minimum Gasteiger partial charge on any atom is -0.450 e. The van der Waals surface area contributed by atoms with Crippen LogP contribution in [0.15, 0.2) is 0 Å². The Morgan fingerprint density at radius 2 is 1.79 bits per heavy atom. The van der Waals surface area contributed by atoms with E-state index in [1.807, 2.05) is 6.92 Å². The monoisotopic (exact) mass is 202 g/mol. The molecule has 4 nitrogen and oxygen atoms in total. The number of ether oxygens (including phenoxy) is 1. The van der Waals surface area contributed by atoms with E-state index in [-0.39, 0.29) is 0 Å². The molecule has 4 heteroatoms. The summed E-state index contributed by atoms with van der Waals surface area (Å²) in [7, 11) is 0. The van der Waals surface area contributed by atoms with E-state index in [2.05, 4.69) is 4.74 Å². The first-order chi connectivity index (χ1) is 6.63. The van der Waals surface area contributed by atoms with Gasteiger partial charge in [0.2, 0.25) is 0 Å². The summed E-state index contributed by atoms with van der Waals surface area (Å²) in [6, 6.07) is 0.313. The Hall–Kier alpha value is -0.770. The lowest BCUT2D eigenvalue weighted by atomic mass is 10.1. The van der Waals surface area contributed by atoms with Crippen LogP contribution in [-0.4, -0.2) is 18.7 Å². The van der Waals surface area contributed by atoms with Gasteiger partial charge in [0.15, 0.2) is 0 Å². The maximum absolute atomic E-state index is 10.2. The van der Waals surface area contributed by atoms with Crippen molar-refractivity contribution >= 4 is 6.09 Å². The van der Waals surface area contributed by atoms with E-state index in [1.54, 1.807) is 0 Å². The van der Waals surface area contributed by atoms with E-state index in [4.69, 9.17) is 11.5 Å². The molecule has 0 aliphatic rings. The molecule has 0 aliphatic heterocycles. The summed E-state index contributed by atoms with van der Waals surface area (Å²) >= 11 is 0. The average Bonchev–Trinajstić information content (AvgIpc) is 2.08. The van der Waals surface area contributed by atoms with Crippen molar-refractivity contribution in [2.45, 2.75) is 51.5 Å². The molecule has 14 heavy (non-hydrogen) atoms. The molecule has 0 spiro atoms. The molecule has 0 rings (SSSR count). The van der Waals surface area contributed by atoms with Gasteiger partial charge >= 0.3 is 6.09 Å². The van der Waals surface area contributed by atoms with Crippen LogP contribution in [0.2, 0.25) is 0 Å². The summed E-state index contributed by atoms with van der Waals surface area (Å²) < 4.78 is 4.61. The molecule has 0 fully saturated rings. The highest BCUT2D eigenvalue weighted by atomic mass is 16.5. The molecule has 0 aromatic carbocycles. The second kappa shape index (κ2) is 8.81. The van der Waals surface area contributed by atoms with Gasteiger partial charge in [0.05, 0.1) is 6.61 Å². The number of rotatable bonds is 8. The van der Waals surface area contributed by atoms with Crippen molar-refractivity contribution in [3.63, 3.8) is 0 Å². The summed E-state index contributed by atoms with van der Waals surface area (Å²) in [5.41, 5.74) is 10.4. The Morgan fingerprint density at radius 1 is 1.21 bits per heavy atom. The first-order valence-corrected chi connectivity index (χ1v) is 5.30. The second-order valence-corrected chi connectivity index (χ2v) is 3.70. The zero-order chi connectivity index (χ0) is 10.8. The topological polar surface area (TPSA) is 78.3 Å². The molecule has 0 aromatic heterocycles. The number of carbonyl (C=O) groups excluding carboxylic acids is 1. The minimum atomic E-state index is -0.679. The third-order valence-corrected chi connectivity index (χ3v) is 2.05. The van der Waals surface area contributed by atoms with E-state index >= 15 is 0 Å². The van der Waals surface area contributed by atoms with Crippen molar-refractivity contribution in [1.82, 2.24) is 0 Å². The van der Waals surface area contributed by atoms with Gasteiger partial charge in [-0.1, -0.05) is 25.7 Å². The van der Waals surface area contributed by atoms with Gasteiger partial charge in [0, 0.05) is 6.04 Å². The van der Waals surface area contributed by atoms with Crippen LogP contribution in [-0.2, 0) is 4.74 Å². The summed E-state index contributed by atoms with van der Waals surface area (Å²) in [5.74, 6) is 0. The molecule has 0 aromatic rings. The van der Waals surface area contributed by atoms with Crippen LogP contribution in [0.25, 0.3) is 0 Å². The van der Waals surface area contributed by atoms with Crippen LogP contribution in [0.3, 0.4) is 0 Å². The van der Waals surface area contributed by atoms with Gasteiger partial charge in [-0.25, -0.2) is 4.79 Å². The molecule has 0 saturated carbocycles. The molecule has 1 amide bonds. The molecule has 0 saturated heterocycles. The van der Waals surface area contributed by atoms with Crippen molar-refractivity contribution < 1.29 is 9.53 Å². The summed E-state index contributed by atoms with van der Waals surface area (Å²) in [6.07, 6.45) is 5.98. The number of unbranched alkanes of at least 4 members (excludes halogenated alkanes) is 4. The molecule has 4 N–H and O–H groups in total. The molecule has 1 atom stereocenters. The van der Waals surface area contributed by atoms with Gasteiger partial charge in [-0.05, 0) is 19.8 Å². The van der Waals surface area contributed by atoms with Crippen molar-refractivity contribution in [3.8, 4) is 0 Å². The van der Waals surface area contributed by atoms with E-state index in [0.29, 0.717) is 12.6 Å². The van der Waals surface area contributed by atoms with Gasteiger partial charge in [0.25, 0.3) is 0 Å². The Bertz CT molecular complexity index is 149. The number of hydrogen-bond acceptors (Lipinski definition) is 3. The van der Waals surface area contributed by atoms with Crippen LogP contribution < -0.4 is 11.5 Å². The Labute approximate surface area is 86.0 Å². The van der Waals surface area contributed by atoms with E-state index in [9.17, 15) is 4.79 Å². The molecule has 0 heterocycles. The van der Waals surface area contributed by atoms with Gasteiger partial charge in [-0.15, -0.1) is 0 Å². The fourth-order valence-corrected chi connectivity index (χ4v) is 1.27. The molecular formula is C10H22N2O2. The molecule has 0 bridgehead atoms. The first-order valence-electron chi connectivity index (χ1n) is 5.30. The lowest BCUT2D eigenvalue weighted by Crippen LogP contribution is -2.14. The lowest BCUT2D eigenvalue weighted by Gasteiger charge is -2.04. The summed E-state index contributed by atoms with van der Waals surface area (Å²) in [6.45, 7) is 2.48. The Balaban J connectivity index is 2.96. The number of hydrogen-bond donors (Lipinski definition) is 2. The highest BCUT2D eigenvalue weighted by molar-refractivity contribution is 5.64. The SMILES string of the molecule is CC(N)CCCCCCCOC(N)=O. The van der Waals surface area contributed by atoms with Crippen molar-refractivity contribution in [2.75, 3.05) is 6.61 Å². The van der Waals surface area contributed by atoms with Crippen LogP contribution in [0, 0.1) is 0 Å². The van der Waals surface area contributed by atoms with Gasteiger partial charge in [-0.3, -0.25) is 0 Å². The highest BCUT2D eigenvalue weighted by Crippen LogP contribution is 2.06. The number of amides is 1. The minimum absolute atomic E-state index is 0.313. The predicted octanol–water partition coefficient (Wildman–Crippen LogP) is 1.77. The van der Waals surface area contributed by atoms with E-state index in [1.165, 1.54) is 19.3 Å². The van der Waals surface area contributed by atoms with Crippen LogP contribution in [0.1, 0.15) is 45.4 Å². The molecule has 0 radical (unpaired) electrons. The van der Waals surface area contributed by atoms with Gasteiger partial charge < -0.3 is 16.2 Å². The van der Waals surface area contributed by atoms with Crippen molar-refractivity contribution in [2.24, 2.45) is 11.5 Å². The molecule has 0 aliphatic carbocycles. The largest absolute Gasteiger partial charge is 0.450 e. The summed E-state index contributed by atoms with van der Waals surface area (Å²) in [5, 5.41) is 0. The number of primary amides is 1. The fourth-order valence-electron chi connectivity index (χ4n) is 1.27. The van der Waals surface area contributed by atoms with Crippen LogP contribution in [0.5, 0.6) is 0 Å². The van der Waals surface area contributed by atoms with E-state index in [0.717, 1.165) is 19.3 Å². The maximum Gasteiger partial charge on any atom is 0.404 e. The number of nitrogens with two attached hydrogens (primary N) is 2. The smallest absolute Gasteiger partial charge is 0.404 e. The predicted molar refractivity (Wildman–Crippen MR) is 56.9 cm³/mol. The summed E-state index contributed by atoms with van der Waals surface area (Å²) in [4.78, 5) is 10.2. The van der Waals surface area contributed by atoms with Gasteiger partial charge in [-0.2, -0.15) is 0 Å². The van der Waals surface area contributed by atoms with Crippen molar-refractivity contribution in [1.29, 1.82) is 0 Å².